The first-order valence-corrected chi connectivity index (χ1v) is 14.8. The van der Waals surface area contributed by atoms with E-state index in [9.17, 15) is 14.0 Å². The molecule has 4 atom stereocenters. The molecule has 1 aliphatic heterocycles. The molecule has 0 aliphatic carbocycles. The van der Waals surface area contributed by atoms with E-state index in [1.54, 1.807) is 39.1 Å². The van der Waals surface area contributed by atoms with Crippen molar-refractivity contribution < 1.29 is 22.8 Å². The van der Waals surface area contributed by atoms with Gasteiger partial charge in [0.1, 0.15) is 35.0 Å². The number of aromatic nitrogens is 5. The van der Waals surface area contributed by atoms with Gasteiger partial charge in [-0.1, -0.05) is 5.10 Å². The molecule has 15 heteroatoms. The molecule has 4 aromatic rings. The number of aromatic amines is 1. The highest BCUT2D eigenvalue weighted by Gasteiger charge is 2.70. The first-order chi connectivity index (χ1) is 19.9. The predicted octanol–water partition coefficient (Wildman–Crippen LogP) is 5.27. The fourth-order valence-corrected chi connectivity index (χ4v) is 6.32. The van der Waals surface area contributed by atoms with Crippen molar-refractivity contribution in [2.45, 2.75) is 32.4 Å². The van der Waals surface area contributed by atoms with Crippen molar-refractivity contribution in [3.63, 3.8) is 0 Å². The molecular weight excluding hydrogens is 776 g/mol. The number of benzene rings is 2. The number of ketones is 1. The minimum absolute atomic E-state index is 0.00378. The number of likely N-dealkylation sites (N-methyl/N-ethyl adjacent to an activating group) is 1. The molecule has 4 unspecified atom stereocenters. The largest absolute Gasteiger partial charge is 0.431 e. The molecule has 0 saturated carbocycles. The molecule has 3 N–H and O–H groups in total. The number of anilines is 2. The van der Waals surface area contributed by atoms with E-state index >= 15 is 4.39 Å². The summed E-state index contributed by atoms with van der Waals surface area (Å²) in [5.41, 5.74) is -1.44. The maximum Gasteiger partial charge on any atom is 0.431 e. The zero-order valence-electron chi connectivity index (χ0n) is 22.7. The number of carbonyl (C=O) groups excluding carboxylic acids is 2. The summed E-state index contributed by atoms with van der Waals surface area (Å²) in [5, 5.41) is 20.9. The third-order valence-electron chi connectivity index (χ3n) is 7.45. The Kier molecular flexibility index (Phi) is 8.18. The Morgan fingerprint density at radius 3 is 2.29 bits per heavy atom. The van der Waals surface area contributed by atoms with E-state index < -0.39 is 45.3 Å². The van der Waals surface area contributed by atoms with Gasteiger partial charge >= 0.3 is 6.01 Å². The van der Waals surface area contributed by atoms with Gasteiger partial charge in [-0.3, -0.25) is 14.7 Å². The molecule has 2 aromatic heterocycles. The summed E-state index contributed by atoms with van der Waals surface area (Å²) in [6.07, 6.45) is 2.78. The predicted molar refractivity (Wildman–Crippen MR) is 167 cm³/mol. The smallest absolute Gasteiger partial charge is 0.382 e. The lowest BCUT2D eigenvalue weighted by molar-refractivity contribution is -0.127. The first kappa shape index (κ1) is 30.1. The molecule has 11 nitrogen and oxygen atoms in total. The van der Waals surface area contributed by atoms with Crippen LogP contribution in [0.1, 0.15) is 31.4 Å². The van der Waals surface area contributed by atoms with E-state index in [1.807, 2.05) is 45.2 Å². The van der Waals surface area contributed by atoms with E-state index in [0.717, 1.165) is 6.39 Å². The van der Waals surface area contributed by atoms with Gasteiger partial charge in [-0.15, -0.1) is 5.10 Å². The van der Waals surface area contributed by atoms with Crippen LogP contribution in [0.5, 0.6) is 0 Å². The maximum absolute atomic E-state index is 15.4. The number of carbonyl (C=O) groups is 2. The Labute approximate surface area is 266 Å². The zero-order chi connectivity index (χ0) is 30.4. The number of nitrogens with zero attached hydrogens (tertiary/aromatic N) is 5. The van der Waals surface area contributed by atoms with Gasteiger partial charge in [-0.05, 0) is 102 Å². The molecule has 1 amide bonds. The first-order valence-electron chi connectivity index (χ1n) is 12.6. The van der Waals surface area contributed by atoms with Crippen molar-refractivity contribution >= 4 is 74.3 Å². The SMILES string of the molecule is CC(=O)C1(Nc2ccc(I)cc2F)C(c2n[nH]c(C)n2)C=C(C(C)C(=O)Nc2ccc(I)cc2F)[N+]1(C)c1nnco1. The van der Waals surface area contributed by atoms with Crippen LogP contribution in [-0.4, -0.2) is 49.8 Å². The van der Waals surface area contributed by atoms with Crippen LogP contribution in [0.3, 0.4) is 0 Å². The fraction of sp³-hybridized carbons (Fsp3) is 0.259. The second-order valence-corrected chi connectivity index (χ2v) is 12.5. The van der Waals surface area contributed by atoms with Crippen LogP contribution < -0.4 is 15.1 Å². The van der Waals surface area contributed by atoms with Crippen molar-refractivity contribution in [3.8, 4) is 0 Å². The van der Waals surface area contributed by atoms with Crippen LogP contribution in [0, 0.1) is 31.6 Å². The number of rotatable bonds is 8. The van der Waals surface area contributed by atoms with Gasteiger partial charge in [0.15, 0.2) is 5.82 Å². The van der Waals surface area contributed by atoms with Gasteiger partial charge in [-0.2, -0.15) is 9.58 Å². The van der Waals surface area contributed by atoms with Gasteiger partial charge in [0.2, 0.25) is 18.1 Å². The van der Waals surface area contributed by atoms with E-state index in [-0.39, 0.29) is 23.2 Å². The van der Waals surface area contributed by atoms with Crippen LogP contribution in [0.4, 0.5) is 26.2 Å². The second kappa shape index (κ2) is 11.4. The van der Waals surface area contributed by atoms with E-state index in [1.165, 1.54) is 31.2 Å². The van der Waals surface area contributed by atoms with Gasteiger partial charge in [0.25, 0.3) is 5.66 Å². The normalized spacial score (nSPS) is 22.5. The molecule has 2 aromatic carbocycles. The summed E-state index contributed by atoms with van der Waals surface area (Å²) >= 11 is 3.96. The third kappa shape index (κ3) is 5.00. The molecule has 42 heavy (non-hydrogen) atoms. The number of H-pyrrole nitrogens is 1. The third-order valence-corrected chi connectivity index (χ3v) is 8.79. The number of Topliss-reactive ketones (excluding diaryl/α,β-unsaturated/α-hetero) is 1. The van der Waals surface area contributed by atoms with Crippen LogP contribution in [0.15, 0.2) is 59.0 Å². The second-order valence-electron chi connectivity index (χ2n) is 9.98. The van der Waals surface area contributed by atoms with Gasteiger partial charge in [0, 0.05) is 14.1 Å². The lowest BCUT2D eigenvalue weighted by Crippen LogP contribution is -2.71. The minimum atomic E-state index is -1.80. The summed E-state index contributed by atoms with van der Waals surface area (Å²) in [6, 6.07) is 8.93. The summed E-state index contributed by atoms with van der Waals surface area (Å²) in [6.45, 7) is 4.66. The number of hydrogen-bond acceptors (Lipinski definition) is 8. The number of halogens is 4. The summed E-state index contributed by atoms with van der Waals surface area (Å²) in [5.74, 6) is -3.43. The van der Waals surface area contributed by atoms with Crippen LogP contribution in [0.2, 0.25) is 0 Å². The molecule has 3 heterocycles. The molecule has 5 rings (SSSR count). The van der Waals surface area contributed by atoms with Crippen molar-refractivity contribution in [1.29, 1.82) is 0 Å². The maximum atomic E-state index is 15.4. The topological polar surface area (TPSA) is 139 Å². The van der Waals surface area contributed by atoms with Gasteiger partial charge in [-0.25, -0.2) is 13.8 Å². The van der Waals surface area contributed by atoms with Crippen molar-refractivity contribution in [2.24, 2.45) is 5.92 Å². The average Bonchev–Trinajstić information content (AvgIpc) is 3.67. The zero-order valence-corrected chi connectivity index (χ0v) is 27.1. The molecule has 218 valence electrons. The van der Waals surface area contributed by atoms with Crippen LogP contribution >= 0.6 is 45.2 Å². The number of nitrogens with one attached hydrogen (secondary N) is 3. The van der Waals surface area contributed by atoms with Crippen LogP contribution in [-0.2, 0) is 9.59 Å². The molecule has 0 fully saturated rings. The Morgan fingerprint density at radius 1 is 1.12 bits per heavy atom. The van der Waals surface area contributed by atoms with Gasteiger partial charge < -0.3 is 15.1 Å². The number of amides is 1. The molecule has 0 radical (unpaired) electrons. The summed E-state index contributed by atoms with van der Waals surface area (Å²) in [7, 11) is 1.62. The van der Waals surface area contributed by atoms with Crippen molar-refractivity contribution in [3.05, 3.63) is 85.0 Å². The van der Waals surface area contributed by atoms with Crippen molar-refractivity contribution in [1.82, 2.24) is 29.9 Å². The summed E-state index contributed by atoms with van der Waals surface area (Å²) in [4.78, 5) is 32.2. The number of hydrogen-bond donors (Lipinski definition) is 3. The van der Waals surface area contributed by atoms with E-state index in [0.29, 0.717) is 18.7 Å². The van der Waals surface area contributed by atoms with Gasteiger partial charge in [0.05, 0.1) is 18.4 Å². The molecule has 1 aliphatic rings. The Morgan fingerprint density at radius 2 is 1.76 bits per heavy atom. The van der Waals surface area contributed by atoms with E-state index in [4.69, 9.17) is 4.42 Å². The molecule has 0 bridgehead atoms. The number of aryl methyl sites for hydroxylation is 1. The minimum Gasteiger partial charge on any atom is -0.382 e. The standard InChI is InChI=1S/C27H24F2I2N8O3/c1-13(25(41)34-21-7-5-16(30)9-19(21)28)23-11-18(24-33-15(3)36-37-24)27(14(2)40,39(23,4)26-38-32-12-42-26)35-22-8-6-17(31)10-20(22)29/h5-13,18,35H,1-4H3,(H-,33,34,36,37,41)/p+1. The highest BCUT2D eigenvalue weighted by molar-refractivity contribution is 14.1. The average molecular weight is 801 g/mol. The highest BCUT2D eigenvalue weighted by Crippen LogP contribution is 2.52. The number of quaternary nitrogens is 1. The van der Waals surface area contributed by atoms with Crippen molar-refractivity contribution in [2.75, 3.05) is 17.7 Å². The monoisotopic (exact) mass is 801 g/mol. The Balaban J connectivity index is 1.71. The summed E-state index contributed by atoms with van der Waals surface area (Å²) < 4.78 is 36.5. The molecule has 0 spiro atoms. The Hall–Kier alpha value is -3.32. The lowest BCUT2D eigenvalue weighted by Gasteiger charge is -2.45. The highest BCUT2D eigenvalue weighted by atomic mass is 127. The molecule has 0 saturated heterocycles. The quantitative estimate of drug-likeness (QED) is 0.162. The van der Waals surface area contributed by atoms with E-state index in [2.05, 4.69) is 36.0 Å². The van der Waals surface area contributed by atoms with Crippen LogP contribution in [0.25, 0.3) is 0 Å². The lowest BCUT2D eigenvalue weighted by atomic mass is 9.87. The fourth-order valence-electron chi connectivity index (χ4n) is 5.41. The Bertz CT molecular complexity index is 1710. The molecular formula is C27H25F2I2N8O3+.